The highest BCUT2D eigenvalue weighted by Crippen LogP contribution is 2.37. The third-order valence-corrected chi connectivity index (χ3v) is 3.78. The number of halogens is 3. The van der Waals surface area contributed by atoms with Crippen LogP contribution in [0.2, 0.25) is 0 Å². The van der Waals surface area contributed by atoms with Gasteiger partial charge in [0.25, 0.3) is 0 Å². The molecule has 0 nitrogen and oxygen atoms in total. The Morgan fingerprint density at radius 1 is 0.947 bits per heavy atom. The quantitative estimate of drug-likeness (QED) is 0.660. The molecule has 0 saturated heterocycles. The molecule has 0 saturated carbocycles. The Bertz CT molecular complexity index is 596. The molecule has 0 aliphatic heterocycles. The fourth-order valence-electron chi connectivity index (χ4n) is 2.88. The second-order valence-corrected chi connectivity index (χ2v) is 4.94. The van der Waals surface area contributed by atoms with Gasteiger partial charge in [-0.15, -0.1) is 0 Å². The van der Waals surface area contributed by atoms with E-state index in [2.05, 4.69) is 0 Å². The van der Waals surface area contributed by atoms with Gasteiger partial charge in [0.05, 0.1) is 0 Å². The molecular weight excluding hydrogens is 249 g/mol. The van der Waals surface area contributed by atoms with Gasteiger partial charge in [-0.2, -0.15) is 0 Å². The predicted molar refractivity (Wildman–Crippen MR) is 67.5 cm³/mol. The normalized spacial score (nSPS) is 18.2. The number of hydrogen-bond acceptors (Lipinski definition) is 0. The highest BCUT2D eigenvalue weighted by molar-refractivity contribution is 5.40. The molecule has 2 aromatic rings. The highest BCUT2D eigenvalue weighted by atomic mass is 19.2. The fraction of sp³-hybridized carbons (Fsp3) is 0.250. The molecule has 0 bridgehead atoms. The molecule has 1 unspecified atom stereocenters. The van der Waals surface area contributed by atoms with Crippen LogP contribution in [0.4, 0.5) is 13.2 Å². The number of aryl methyl sites for hydroxylation is 1. The molecule has 19 heavy (non-hydrogen) atoms. The van der Waals surface area contributed by atoms with Crippen molar-refractivity contribution in [3.63, 3.8) is 0 Å². The van der Waals surface area contributed by atoms with Gasteiger partial charge >= 0.3 is 0 Å². The largest absolute Gasteiger partial charge is 0.204 e. The van der Waals surface area contributed by atoms with Crippen LogP contribution in [0.3, 0.4) is 0 Å². The van der Waals surface area contributed by atoms with E-state index >= 15 is 0 Å². The van der Waals surface area contributed by atoms with Crippen LogP contribution < -0.4 is 0 Å². The first-order valence-electron chi connectivity index (χ1n) is 6.39. The van der Waals surface area contributed by atoms with Crippen LogP contribution >= 0.6 is 0 Å². The topological polar surface area (TPSA) is 0 Å². The van der Waals surface area contributed by atoms with Crippen LogP contribution in [0, 0.1) is 17.5 Å². The highest BCUT2D eigenvalue weighted by Gasteiger charge is 2.23. The third-order valence-electron chi connectivity index (χ3n) is 3.78. The summed E-state index contributed by atoms with van der Waals surface area (Å²) >= 11 is 0. The minimum atomic E-state index is -1.40. The van der Waals surface area contributed by atoms with Crippen molar-refractivity contribution >= 4 is 0 Å². The van der Waals surface area contributed by atoms with Crippen molar-refractivity contribution in [1.82, 2.24) is 0 Å². The maximum absolute atomic E-state index is 13.4. The predicted octanol–water partition coefficient (Wildman–Crippen LogP) is 4.57. The van der Waals surface area contributed by atoms with Crippen LogP contribution in [0.15, 0.2) is 36.4 Å². The van der Waals surface area contributed by atoms with Crippen LogP contribution in [0.25, 0.3) is 0 Å². The van der Waals surface area contributed by atoms with E-state index in [-0.39, 0.29) is 5.92 Å². The number of benzene rings is 2. The van der Waals surface area contributed by atoms with Crippen molar-refractivity contribution in [1.29, 1.82) is 0 Å². The summed E-state index contributed by atoms with van der Waals surface area (Å²) in [4.78, 5) is 0. The third kappa shape index (κ3) is 2.14. The second-order valence-electron chi connectivity index (χ2n) is 4.94. The van der Waals surface area contributed by atoms with Crippen LogP contribution in [0.1, 0.15) is 35.4 Å². The molecule has 0 amide bonds. The van der Waals surface area contributed by atoms with Crippen molar-refractivity contribution in [2.24, 2.45) is 0 Å². The first kappa shape index (κ1) is 12.3. The average molecular weight is 262 g/mol. The molecule has 0 N–H and O–H groups in total. The van der Waals surface area contributed by atoms with Crippen molar-refractivity contribution < 1.29 is 13.2 Å². The van der Waals surface area contributed by atoms with E-state index in [1.165, 1.54) is 5.56 Å². The fourth-order valence-corrected chi connectivity index (χ4v) is 2.88. The lowest BCUT2D eigenvalue weighted by molar-refractivity contribution is 0.443. The number of rotatable bonds is 1. The minimum Gasteiger partial charge on any atom is -0.204 e. The lowest BCUT2D eigenvalue weighted by atomic mass is 9.79. The Hall–Kier alpha value is -1.77. The van der Waals surface area contributed by atoms with Gasteiger partial charge in [-0.3, -0.25) is 0 Å². The molecule has 98 valence electrons. The van der Waals surface area contributed by atoms with E-state index in [4.69, 9.17) is 0 Å². The monoisotopic (exact) mass is 262 g/mol. The van der Waals surface area contributed by atoms with Crippen molar-refractivity contribution in [2.45, 2.75) is 25.2 Å². The Morgan fingerprint density at radius 3 is 2.37 bits per heavy atom. The number of hydrogen-bond donors (Lipinski definition) is 0. The van der Waals surface area contributed by atoms with Crippen LogP contribution in [0.5, 0.6) is 0 Å². The zero-order chi connectivity index (χ0) is 13.4. The SMILES string of the molecule is Fc1cc(C2CCCc3ccccc32)cc(F)c1F. The Labute approximate surface area is 109 Å². The van der Waals surface area contributed by atoms with Gasteiger partial charge in [-0.1, -0.05) is 24.3 Å². The standard InChI is InChI=1S/C16H13F3/c17-14-8-11(9-15(18)16(14)19)13-7-3-5-10-4-1-2-6-12(10)13/h1-2,4,6,8-9,13H,3,5,7H2. The molecule has 3 rings (SSSR count). The Morgan fingerprint density at radius 2 is 1.63 bits per heavy atom. The molecule has 1 aliphatic carbocycles. The van der Waals surface area contributed by atoms with Gasteiger partial charge in [-0.05, 0) is 48.1 Å². The Kier molecular flexibility index (Phi) is 3.05. The Balaban J connectivity index is 2.09. The maximum atomic E-state index is 13.4. The summed E-state index contributed by atoms with van der Waals surface area (Å²) in [6, 6.07) is 10.1. The molecule has 0 radical (unpaired) electrons. The van der Waals surface area contributed by atoms with Crippen molar-refractivity contribution in [3.8, 4) is 0 Å². The molecule has 1 atom stereocenters. The van der Waals surface area contributed by atoms with Gasteiger partial charge in [0, 0.05) is 5.92 Å². The molecule has 0 spiro atoms. The van der Waals surface area contributed by atoms with E-state index < -0.39 is 17.5 Å². The summed E-state index contributed by atoms with van der Waals surface area (Å²) in [6.45, 7) is 0. The maximum Gasteiger partial charge on any atom is 0.194 e. The van der Waals surface area contributed by atoms with Crippen molar-refractivity contribution in [3.05, 3.63) is 70.5 Å². The minimum absolute atomic E-state index is 0.0467. The first-order chi connectivity index (χ1) is 9.16. The molecule has 0 heterocycles. The molecule has 3 heteroatoms. The molecule has 1 aliphatic rings. The molecular formula is C16H13F3. The second kappa shape index (κ2) is 4.72. The van der Waals surface area contributed by atoms with Gasteiger partial charge in [-0.25, -0.2) is 13.2 Å². The van der Waals surface area contributed by atoms with Gasteiger partial charge in [0.15, 0.2) is 17.5 Å². The van der Waals surface area contributed by atoms with E-state index in [0.717, 1.165) is 37.0 Å². The zero-order valence-corrected chi connectivity index (χ0v) is 10.3. The summed E-state index contributed by atoms with van der Waals surface area (Å²) in [7, 11) is 0. The lowest BCUT2D eigenvalue weighted by Crippen LogP contribution is -2.11. The average Bonchev–Trinajstić information content (AvgIpc) is 2.43. The first-order valence-corrected chi connectivity index (χ1v) is 6.39. The lowest BCUT2D eigenvalue weighted by Gasteiger charge is -2.26. The van der Waals surface area contributed by atoms with Gasteiger partial charge in [0.1, 0.15) is 0 Å². The van der Waals surface area contributed by atoms with E-state index in [1.807, 2.05) is 24.3 Å². The molecule has 0 aromatic heterocycles. The summed E-state index contributed by atoms with van der Waals surface area (Å²) in [5, 5.41) is 0. The molecule has 0 fully saturated rings. The van der Waals surface area contributed by atoms with E-state index in [0.29, 0.717) is 5.56 Å². The van der Waals surface area contributed by atoms with E-state index in [1.54, 1.807) is 0 Å². The van der Waals surface area contributed by atoms with Crippen LogP contribution in [-0.4, -0.2) is 0 Å². The smallest absolute Gasteiger partial charge is 0.194 e. The zero-order valence-electron chi connectivity index (χ0n) is 10.3. The summed E-state index contributed by atoms with van der Waals surface area (Å²) in [5.74, 6) is -3.67. The van der Waals surface area contributed by atoms with E-state index in [9.17, 15) is 13.2 Å². The summed E-state index contributed by atoms with van der Waals surface area (Å²) < 4.78 is 39.7. The summed E-state index contributed by atoms with van der Waals surface area (Å²) in [6.07, 6.45) is 2.79. The van der Waals surface area contributed by atoms with Gasteiger partial charge < -0.3 is 0 Å². The summed E-state index contributed by atoms with van der Waals surface area (Å²) in [5.41, 5.74) is 2.83. The van der Waals surface area contributed by atoms with Crippen molar-refractivity contribution in [2.75, 3.05) is 0 Å². The number of fused-ring (bicyclic) bond motifs is 1. The molecule has 2 aromatic carbocycles. The van der Waals surface area contributed by atoms with Gasteiger partial charge in [0.2, 0.25) is 0 Å². The van der Waals surface area contributed by atoms with Crippen LogP contribution in [-0.2, 0) is 6.42 Å².